The van der Waals surface area contributed by atoms with Gasteiger partial charge in [0.2, 0.25) is 11.8 Å². The molecule has 0 spiro atoms. The monoisotopic (exact) mass is 344 g/mol. The Kier molecular flexibility index (Phi) is 6.27. The minimum atomic E-state index is -0.213. The first-order valence-corrected chi connectivity index (χ1v) is 7.63. The fraction of sp³-hybridized carbons (Fsp3) is 0.294. The maximum absolute atomic E-state index is 12.0. The van der Waals surface area contributed by atoms with Crippen molar-refractivity contribution in [3.63, 3.8) is 0 Å². The van der Waals surface area contributed by atoms with E-state index in [0.717, 1.165) is 5.56 Å². The Morgan fingerprint density at radius 2 is 1.68 bits per heavy atom. The highest BCUT2D eigenvalue weighted by Gasteiger charge is 2.09. The summed E-state index contributed by atoms with van der Waals surface area (Å²) in [5.41, 5.74) is 1.94. The molecule has 2 amide bonds. The number of carbonyl (C=O) groups excluding carboxylic acids is 2. The van der Waals surface area contributed by atoms with E-state index in [1.807, 2.05) is 0 Å². The predicted molar refractivity (Wildman–Crippen MR) is 91.6 cm³/mol. The molecule has 0 aliphatic carbocycles. The molecule has 2 rings (SSSR count). The first kappa shape index (κ1) is 18.2. The number of amides is 2. The highest BCUT2D eigenvalue weighted by Crippen LogP contribution is 2.23. The second-order valence-corrected chi connectivity index (χ2v) is 5.10. The number of nitrogens with one attached hydrogen (secondary N) is 2. The average Bonchev–Trinajstić information content (AvgIpc) is 2.64. The van der Waals surface area contributed by atoms with E-state index in [4.69, 9.17) is 9.47 Å². The van der Waals surface area contributed by atoms with Crippen molar-refractivity contribution in [3.8, 4) is 23.1 Å². The lowest BCUT2D eigenvalue weighted by Gasteiger charge is -2.08. The molecule has 8 heteroatoms. The normalized spacial score (nSPS) is 10.0. The molecule has 2 N–H and O–H groups in total. The lowest BCUT2D eigenvalue weighted by atomic mass is 10.1. The Bertz CT molecular complexity index is 725. The van der Waals surface area contributed by atoms with Crippen LogP contribution >= 0.6 is 0 Å². The summed E-state index contributed by atoms with van der Waals surface area (Å²) in [5.74, 6) is 0.0469. The van der Waals surface area contributed by atoms with Gasteiger partial charge in [0.05, 0.1) is 19.9 Å². The molecule has 1 heterocycles. The largest absolute Gasteiger partial charge is 0.481 e. The van der Waals surface area contributed by atoms with Gasteiger partial charge in [-0.2, -0.15) is 9.97 Å². The lowest BCUT2D eigenvalue weighted by Crippen LogP contribution is -2.33. The van der Waals surface area contributed by atoms with Crippen LogP contribution in [0, 0.1) is 0 Å². The molecule has 1 aromatic carbocycles. The molecule has 2 aromatic rings. The minimum absolute atomic E-state index is 0.130. The molecule has 0 aliphatic rings. The Labute approximate surface area is 145 Å². The Balaban J connectivity index is 2.06. The van der Waals surface area contributed by atoms with Crippen molar-refractivity contribution in [2.45, 2.75) is 6.92 Å². The van der Waals surface area contributed by atoms with Crippen LogP contribution in [-0.2, 0) is 4.79 Å². The summed E-state index contributed by atoms with van der Waals surface area (Å²) in [7, 11) is 2.99. The smallest absolute Gasteiger partial charge is 0.320 e. The van der Waals surface area contributed by atoms with Crippen molar-refractivity contribution in [2.24, 2.45) is 0 Å². The van der Waals surface area contributed by atoms with Crippen molar-refractivity contribution in [2.75, 3.05) is 27.3 Å². The van der Waals surface area contributed by atoms with Crippen LogP contribution in [-0.4, -0.2) is 49.1 Å². The summed E-state index contributed by atoms with van der Waals surface area (Å²) in [6.07, 6.45) is 0. The van der Waals surface area contributed by atoms with Crippen molar-refractivity contribution < 1.29 is 19.1 Å². The SMILES string of the molecule is COc1cc(-c2ccc(C(=O)NCCNC(C)=O)cc2)nc(OC)n1. The van der Waals surface area contributed by atoms with Gasteiger partial charge in [0.15, 0.2) is 0 Å². The van der Waals surface area contributed by atoms with Gasteiger partial charge in [-0.1, -0.05) is 12.1 Å². The van der Waals surface area contributed by atoms with Gasteiger partial charge in [-0.3, -0.25) is 9.59 Å². The molecule has 25 heavy (non-hydrogen) atoms. The van der Waals surface area contributed by atoms with Crippen molar-refractivity contribution >= 4 is 11.8 Å². The van der Waals surface area contributed by atoms with Crippen molar-refractivity contribution in [3.05, 3.63) is 35.9 Å². The molecule has 8 nitrogen and oxygen atoms in total. The zero-order valence-corrected chi connectivity index (χ0v) is 14.3. The van der Waals surface area contributed by atoms with Gasteiger partial charge in [-0.15, -0.1) is 0 Å². The van der Waals surface area contributed by atoms with Crippen LogP contribution in [0.2, 0.25) is 0 Å². The van der Waals surface area contributed by atoms with E-state index in [9.17, 15) is 9.59 Å². The molecule has 0 aliphatic heterocycles. The average molecular weight is 344 g/mol. The molecule has 0 radical (unpaired) electrons. The van der Waals surface area contributed by atoms with Crippen molar-refractivity contribution in [1.82, 2.24) is 20.6 Å². The Morgan fingerprint density at radius 3 is 2.28 bits per heavy atom. The van der Waals surface area contributed by atoms with Crippen LogP contribution in [0.5, 0.6) is 11.9 Å². The van der Waals surface area contributed by atoms with Gasteiger partial charge in [0.25, 0.3) is 5.91 Å². The van der Waals surface area contributed by atoms with Crippen LogP contribution in [0.25, 0.3) is 11.3 Å². The standard InChI is InChI=1S/C17H20N4O4/c1-11(22)18-8-9-19-16(23)13-6-4-12(5-7-13)14-10-15(24-2)21-17(20-14)25-3/h4-7,10H,8-9H2,1-3H3,(H,18,22)(H,19,23). The third kappa shape index (κ3) is 5.17. The van der Waals surface area contributed by atoms with Gasteiger partial charge in [0.1, 0.15) is 0 Å². The Hall–Kier alpha value is -3.16. The summed E-state index contributed by atoms with van der Waals surface area (Å²) < 4.78 is 10.2. The highest BCUT2D eigenvalue weighted by molar-refractivity contribution is 5.94. The van der Waals surface area contributed by atoms with Crippen LogP contribution in [0.4, 0.5) is 0 Å². The van der Waals surface area contributed by atoms with Gasteiger partial charge < -0.3 is 20.1 Å². The summed E-state index contributed by atoms with van der Waals surface area (Å²) in [6, 6.07) is 8.85. The molecular formula is C17H20N4O4. The van der Waals surface area contributed by atoms with Crippen LogP contribution in [0.15, 0.2) is 30.3 Å². The highest BCUT2D eigenvalue weighted by atomic mass is 16.5. The second kappa shape index (κ2) is 8.62. The van der Waals surface area contributed by atoms with E-state index in [-0.39, 0.29) is 17.8 Å². The summed E-state index contributed by atoms with van der Waals surface area (Å²) in [5, 5.41) is 5.34. The summed E-state index contributed by atoms with van der Waals surface area (Å²) >= 11 is 0. The summed E-state index contributed by atoms with van der Waals surface area (Å²) in [4.78, 5) is 31.1. The number of aromatic nitrogens is 2. The molecule has 0 saturated carbocycles. The number of nitrogens with zero attached hydrogens (tertiary/aromatic N) is 2. The van der Waals surface area contributed by atoms with Crippen LogP contribution in [0.1, 0.15) is 17.3 Å². The molecule has 0 bridgehead atoms. The first-order valence-electron chi connectivity index (χ1n) is 7.63. The van der Waals surface area contributed by atoms with E-state index in [1.54, 1.807) is 30.3 Å². The quantitative estimate of drug-likeness (QED) is 0.727. The lowest BCUT2D eigenvalue weighted by molar-refractivity contribution is -0.118. The van der Waals surface area contributed by atoms with E-state index in [0.29, 0.717) is 30.2 Å². The van der Waals surface area contributed by atoms with Crippen LogP contribution in [0.3, 0.4) is 0 Å². The number of ether oxygens (including phenoxy) is 2. The molecule has 0 atom stereocenters. The van der Waals surface area contributed by atoms with Gasteiger partial charge in [-0.05, 0) is 12.1 Å². The summed E-state index contributed by atoms with van der Waals surface area (Å²) in [6.45, 7) is 2.18. The maximum atomic E-state index is 12.0. The molecule has 132 valence electrons. The third-order valence-corrected chi connectivity index (χ3v) is 3.30. The number of rotatable bonds is 7. The van der Waals surface area contributed by atoms with Crippen molar-refractivity contribution in [1.29, 1.82) is 0 Å². The predicted octanol–water partition coefficient (Wildman–Crippen LogP) is 1.03. The van der Waals surface area contributed by atoms with E-state index in [2.05, 4.69) is 20.6 Å². The number of hydrogen-bond acceptors (Lipinski definition) is 6. The zero-order chi connectivity index (χ0) is 18.2. The van der Waals surface area contributed by atoms with Gasteiger partial charge in [-0.25, -0.2) is 0 Å². The number of methoxy groups -OCH3 is 2. The molecule has 0 saturated heterocycles. The fourth-order valence-corrected chi connectivity index (χ4v) is 2.06. The second-order valence-electron chi connectivity index (χ2n) is 5.10. The zero-order valence-electron chi connectivity index (χ0n) is 14.3. The van der Waals surface area contributed by atoms with Gasteiger partial charge in [0, 0.05) is 37.2 Å². The molecule has 0 fully saturated rings. The fourth-order valence-electron chi connectivity index (χ4n) is 2.06. The molecule has 1 aromatic heterocycles. The molecule has 0 unspecified atom stereocenters. The maximum Gasteiger partial charge on any atom is 0.320 e. The van der Waals surface area contributed by atoms with Gasteiger partial charge >= 0.3 is 6.01 Å². The first-order chi connectivity index (χ1) is 12.0. The number of carbonyl (C=O) groups is 2. The topological polar surface area (TPSA) is 102 Å². The Morgan fingerprint density at radius 1 is 1.00 bits per heavy atom. The molecular weight excluding hydrogens is 324 g/mol. The third-order valence-electron chi connectivity index (χ3n) is 3.30. The number of benzene rings is 1. The van der Waals surface area contributed by atoms with E-state index >= 15 is 0 Å². The van der Waals surface area contributed by atoms with E-state index in [1.165, 1.54) is 21.1 Å². The van der Waals surface area contributed by atoms with E-state index < -0.39 is 0 Å². The minimum Gasteiger partial charge on any atom is -0.481 e. The van der Waals surface area contributed by atoms with Crippen LogP contribution < -0.4 is 20.1 Å². The number of hydrogen-bond donors (Lipinski definition) is 2.